The number of nitrogens with one attached hydrogen (secondary N) is 2. The summed E-state index contributed by atoms with van der Waals surface area (Å²) in [4.78, 5) is 25.1. The second-order valence-corrected chi connectivity index (χ2v) is 6.77. The molecule has 0 aliphatic rings. The summed E-state index contributed by atoms with van der Waals surface area (Å²) in [6, 6.07) is 10.5. The molecule has 2 N–H and O–H groups in total. The Labute approximate surface area is 179 Å². The first-order chi connectivity index (χ1) is 15.3. The zero-order valence-corrected chi connectivity index (χ0v) is 16.7. The third-order valence-corrected chi connectivity index (χ3v) is 4.64. The van der Waals surface area contributed by atoms with Crippen molar-refractivity contribution in [1.29, 1.82) is 0 Å². The van der Waals surface area contributed by atoms with Gasteiger partial charge in [-0.3, -0.25) is 9.78 Å². The van der Waals surface area contributed by atoms with E-state index in [-0.39, 0.29) is 12.2 Å². The summed E-state index contributed by atoms with van der Waals surface area (Å²) in [5.41, 5.74) is 1.49. The average molecular weight is 442 g/mol. The van der Waals surface area contributed by atoms with Crippen LogP contribution >= 0.6 is 0 Å². The molecule has 0 atom stereocenters. The monoisotopic (exact) mass is 442 g/mol. The molecule has 3 aromatic heterocycles. The molecular weight excluding hydrogens is 425 g/mol. The van der Waals surface area contributed by atoms with Crippen molar-refractivity contribution in [2.24, 2.45) is 0 Å². The number of pyridine rings is 2. The van der Waals surface area contributed by atoms with Gasteiger partial charge in [0.2, 0.25) is 5.56 Å². The fourth-order valence-corrected chi connectivity index (χ4v) is 2.98. The van der Waals surface area contributed by atoms with E-state index in [9.17, 15) is 18.0 Å². The van der Waals surface area contributed by atoms with Gasteiger partial charge in [-0.1, -0.05) is 0 Å². The zero-order chi connectivity index (χ0) is 22.7. The highest BCUT2D eigenvalue weighted by molar-refractivity contribution is 5.70. The molecule has 0 aliphatic heterocycles. The molecule has 164 valence electrons. The normalized spacial score (nSPS) is 11.4. The minimum atomic E-state index is -4.43. The molecule has 4 aromatic rings. The summed E-state index contributed by atoms with van der Waals surface area (Å²) in [6.45, 7) is 0.00105. The van der Waals surface area contributed by atoms with Crippen molar-refractivity contribution in [2.45, 2.75) is 12.8 Å². The quantitative estimate of drug-likeness (QED) is 0.461. The van der Waals surface area contributed by atoms with Crippen molar-refractivity contribution >= 4 is 0 Å². The van der Waals surface area contributed by atoms with E-state index in [0.717, 1.165) is 23.4 Å². The lowest BCUT2D eigenvalue weighted by atomic mass is 10.1. The van der Waals surface area contributed by atoms with Crippen LogP contribution in [0.2, 0.25) is 0 Å². The molecule has 0 unspecified atom stereocenters. The third-order valence-electron chi connectivity index (χ3n) is 4.64. The van der Waals surface area contributed by atoms with Gasteiger partial charge in [0, 0.05) is 35.7 Å². The van der Waals surface area contributed by atoms with Crippen LogP contribution in [0.5, 0.6) is 11.5 Å². The van der Waals surface area contributed by atoms with E-state index in [1.807, 2.05) is 0 Å². The maximum atomic E-state index is 12.6. The number of imidazole rings is 1. The summed E-state index contributed by atoms with van der Waals surface area (Å²) >= 11 is 0. The third kappa shape index (κ3) is 4.64. The van der Waals surface area contributed by atoms with E-state index in [0.29, 0.717) is 28.7 Å². The summed E-state index contributed by atoms with van der Waals surface area (Å²) in [5, 5.41) is 0. The number of alkyl halides is 3. The highest BCUT2D eigenvalue weighted by atomic mass is 19.4. The van der Waals surface area contributed by atoms with E-state index in [1.165, 1.54) is 19.2 Å². The summed E-state index contributed by atoms with van der Waals surface area (Å²) in [5.74, 6) is 1.55. The first kappa shape index (κ1) is 21.2. The van der Waals surface area contributed by atoms with E-state index < -0.39 is 11.7 Å². The molecular formula is C22H17F3N4O3. The van der Waals surface area contributed by atoms with Crippen LogP contribution in [0.3, 0.4) is 0 Å². The molecule has 0 spiro atoms. The molecule has 32 heavy (non-hydrogen) atoms. The molecule has 0 fully saturated rings. The number of hydrogen-bond donors (Lipinski definition) is 2. The lowest BCUT2D eigenvalue weighted by molar-refractivity contribution is -0.137. The van der Waals surface area contributed by atoms with Gasteiger partial charge in [0.25, 0.3) is 0 Å². The van der Waals surface area contributed by atoms with Crippen molar-refractivity contribution in [1.82, 2.24) is 19.9 Å². The fraction of sp³-hybridized carbons (Fsp3) is 0.136. The summed E-state index contributed by atoms with van der Waals surface area (Å²) in [7, 11) is 1.51. The minimum Gasteiger partial charge on any atom is -0.496 e. The van der Waals surface area contributed by atoms with Crippen LogP contribution in [0.1, 0.15) is 11.3 Å². The Morgan fingerprint density at radius 1 is 1.03 bits per heavy atom. The summed E-state index contributed by atoms with van der Waals surface area (Å²) in [6.07, 6.45) is -0.445. The molecule has 4 rings (SSSR count). The second kappa shape index (κ2) is 8.58. The van der Waals surface area contributed by atoms with Gasteiger partial charge in [-0.15, -0.1) is 0 Å². The second-order valence-electron chi connectivity index (χ2n) is 6.77. The van der Waals surface area contributed by atoms with Gasteiger partial charge in [-0.05, 0) is 30.3 Å². The van der Waals surface area contributed by atoms with Crippen LogP contribution in [0.25, 0.3) is 22.6 Å². The summed E-state index contributed by atoms with van der Waals surface area (Å²) < 4.78 is 49.0. The van der Waals surface area contributed by atoms with Gasteiger partial charge in [0.15, 0.2) is 0 Å². The van der Waals surface area contributed by atoms with E-state index in [1.54, 1.807) is 36.7 Å². The number of rotatable bonds is 6. The highest BCUT2D eigenvalue weighted by Gasteiger charge is 2.30. The average Bonchev–Trinajstić information content (AvgIpc) is 3.27. The molecule has 1 aromatic carbocycles. The number of H-pyrrole nitrogens is 2. The number of methoxy groups -OCH3 is 1. The van der Waals surface area contributed by atoms with Gasteiger partial charge in [0.05, 0.1) is 30.3 Å². The topological polar surface area (TPSA) is 92.9 Å². The van der Waals surface area contributed by atoms with Gasteiger partial charge in [0.1, 0.15) is 23.9 Å². The maximum absolute atomic E-state index is 12.6. The Morgan fingerprint density at radius 3 is 2.53 bits per heavy atom. The van der Waals surface area contributed by atoms with Crippen LogP contribution in [-0.4, -0.2) is 27.0 Å². The van der Waals surface area contributed by atoms with Gasteiger partial charge in [-0.2, -0.15) is 13.2 Å². The molecule has 0 aliphatic carbocycles. The Bertz CT molecular complexity index is 1260. The first-order valence-corrected chi connectivity index (χ1v) is 9.41. The number of ether oxygens (including phenoxy) is 2. The predicted molar refractivity (Wildman–Crippen MR) is 110 cm³/mol. The van der Waals surface area contributed by atoms with Crippen molar-refractivity contribution in [2.75, 3.05) is 7.11 Å². The van der Waals surface area contributed by atoms with Crippen LogP contribution in [0, 0.1) is 0 Å². The Morgan fingerprint density at radius 2 is 1.88 bits per heavy atom. The van der Waals surface area contributed by atoms with Crippen molar-refractivity contribution < 1.29 is 22.6 Å². The molecule has 0 radical (unpaired) electrons. The zero-order valence-electron chi connectivity index (χ0n) is 16.7. The highest BCUT2D eigenvalue weighted by Crippen LogP contribution is 2.33. The van der Waals surface area contributed by atoms with Crippen LogP contribution in [-0.2, 0) is 12.8 Å². The lowest BCUT2D eigenvalue weighted by Gasteiger charge is -2.11. The van der Waals surface area contributed by atoms with E-state index >= 15 is 0 Å². The number of hydrogen-bond acceptors (Lipinski definition) is 5. The first-order valence-electron chi connectivity index (χ1n) is 9.41. The van der Waals surface area contributed by atoms with Gasteiger partial charge < -0.3 is 19.4 Å². The number of halogens is 3. The molecule has 0 bridgehead atoms. The SMILES string of the molecule is COc1cc(OCc2ccc(C(F)(F)F)cn2)ccc1-c1cnc(-c2ccc(=O)[nH]c2)[nH]1. The van der Waals surface area contributed by atoms with E-state index in [4.69, 9.17) is 9.47 Å². The molecule has 7 nitrogen and oxygen atoms in total. The van der Waals surface area contributed by atoms with Crippen LogP contribution in [0.4, 0.5) is 13.2 Å². The standard InChI is InChI=1S/C22H17F3N4O3/c1-31-19-8-16(32-12-15-4-3-14(10-26-15)22(23,24)25)5-6-17(19)18-11-28-21(29-18)13-2-7-20(30)27-9-13/h2-11H,12H2,1H3,(H,27,30)(H,28,29). The smallest absolute Gasteiger partial charge is 0.417 e. The van der Waals surface area contributed by atoms with Crippen LogP contribution < -0.4 is 15.0 Å². The number of benzene rings is 1. The lowest BCUT2D eigenvalue weighted by Crippen LogP contribution is -2.06. The van der Waals surface area contributed by atoms with Crippen molar-refractivity contribution in [3.05, 3.63) is 82.7 Å². The maximum Gasteiger partial charge on any atom is 0.417 e. The number of nitrogens with zero attached hydrogens (tertiary/aromatic N) is 2. The Balaban J connectivity index is 1.50. The molecule has 0 saturated carbocycles. The molecule has 10 heteroatoms. The van der Waals surface area contributed by atoms with E-state index in [2.05, 4.69) is 19.9 Å². The number of aromatic amines is 2. The van der Waals surface area contributed by atoms with Crippen molar-refractivity contribution in [3.8, 4) is 34.1 Å². The molecule has 3 heterocycles. The minimum absolute atomic E-state index is 0.00105. The Kier molecular flexibility index (Phi) is 5.67. The number of aromatic nitrogens is 4. The molecule has 0 saturated heterocycles. The van der Waals surface area contributed by atoms with Gasteiger partial charge in [-0.25, -0.2) is 4.98 Å². The van der Waals surface area contributed by atoms with Crippen LogP contribution in [0.15, 0.2) is 65.8 Å². The molecule has 0 amide bonds. The predicted octanol–water partition coefficient (Wildman–Crippen LogP) is 4.43. The Hall–Kier alpha value is -4.08. The van der Waals surface area contributed by atoms with Crippen molar-refractivity contribution in [3.63, 3.8) is 0 Å². The fourth-order valence-electron chi connectivity index (χ4n) is 2.98. The van der Waals surface area contributed by atoms with Gasteiger partial charge >= 0.3 is 6.18 Å². The largest absolute Gasteiger partial charge is 0.496 e.